The van der Waals surface area contributed by atoms with Crippen LogP contribution in [-0.4, -0.2) is 36.9 Å². The molecule has 7 rings (SSSR count). The van der Waals surface area contributed by atoms with E-state index in [0.29, 0.717) is 0 Å². The van der Waals surface area contributed by atoms with Gasteiger partial charge in [-0.05, 0) is 25.3 Å². The maximum atomic E-state index is 13.0. The molecule has 3 aromatic heterocycles. The molecule has 2 N–H and O–H groups in total. The fraction of sp³-hybridized carbons (Fsp3) is 0.500. The van der Waals surface area contributed by atoms with Crippen LogP contribution in [0.25, 0.3) is 22.1 Å². The molecule has 1 amide bonds. The van der Waals surface area contributed by atoms with Crippen LogP contribution < -0.4 is 5.32 Å². The molecule has 0 aromatic carbocycles. The molecule has 0 spiro atoms. The Morgan fingerprint density at radius 3 is 2.77 bits per heavy atom. The van der Waals surface area contributed by atoms with Gasteiger partial charge < -0.3 is 14.9 Å². The maximum Gasteiger partial charge on any atom is 0.249 e. The maximum absolute atomic E-state index is 13.0. The van der Waals surface area contributed by atoms with Crippen LogP contribution in [0.4, 0.5) is 8.78 Å². The van der Waals surface area contributed by atoms with Crippen molar-refractivity contribution < 1.29 is 13.6 Å². The Morgan fingerprint density at radius 2 is 2.04 bits per heavy atom. The molecule has 4 saturated carbocycles. The summed E-state index contributed by atoms with van der Waals surface area (Å²) in [5.41, 5.74) is 2.51. The quantitative estimate of drug-likeness (QED) is 0.757. The van der Waals surface area contributed by atoms with Gasteiger partial charge in [0, 0.05) is 35.9 Å². The lowest BCUT2D eigenvalue weighted by Crippen LogP contribution is -2.79. The average molecular weight is 357 g/mol. The second-order valence-corrected chi connectivity index (χ2v) is 8.33. The van der Waals surface area contributed by atoms with Crippen LogP contribution in [0.15, 0.2) is 24.8 Å². The molecule has 0 aliphatic heterocycles. The number of carbonyl (C=O) groups excluding carboxylic acids is 1. The zero-order valence-corrected chi connectivity index (χ0v) is 13.9. The van der Waals surface area contributed by atoms with Gasteiger partial charge in [0.1, 0.15) is 11.2 Å². The van der Waals surface area contributed by atoms with Crippen molar-refractivity contribution in [2.45, 2.75) is 49.1 Å². The molecule has 8 heteroatoms. The number of hydrogen-bond acceptors (Lipinski definition) is 3. The van der Waals surface area contributed by atoms with Gasteiger partial charge in [-0.15, -0.1) is 0 Å². The summed E-state index contributed by atoms with van der Waals surface area (Å²) in [6.45, 7) is 0. The third-order valence-electron chi connectivity index (χ3n) is 6.45. The molecule has 0 unspecified atom stereocenters. The van der Waals surface area contributed by atoms with Gasteiger partial charge in [0.05, 0.1) is 23.6 Å². The van der Waals surface area contributed by atoms with Crippen molar-refractivity contribution >= 4 is 28.0 Å². The summed E-state index contributed by atoms with van der Waals surface area (Å²) in [5, 5.41) is 4.08. The van der Waals surface area contributed by atoms with Crippen LogP contribution in [0.3, 0.4) is 0 Å². The number of aromatic amines is 1. The summed E-state index contributed by atoms with van der Waals surface area (Å²) in [7, 11) is 0. The molecule has 0 saturated heterocycles. The monoisotopic (exact) mass is 357 g/mol. The number of H-pyrrole nitrogens is 1. The topological polar surface area (TPSA) is 75.6 Å². The van der Waals surface area contributed by atoms with E-state index < -0.39 is 11.8 Å². The van der Waals surface area contributed by atoms with Crippen LogP contribution in [0.1, 0.15) is 32.1 Å². The molecule has 4 aliphatic rings. The zero-order chi connectivity index (χ0) is 17.7. The Bertz CT molecular complexity index is 1060. The normalized spacial score (nSPS) is 32.1. The Kier molecular flexibility index (Phi) is 2.39. The Balaban J connectivity index is 1.24. The van der Waals surface area contributed by atoms with E-state index in [1.165, 1.54) is 0 Å². The second-order valence-electron chi connectivity index (χ2n) is 8.33. The van der Waals surface area contributed by atoms with Crippen LogP contribution >= 0.6 is 0 Å². The van der Waals surface area contributed by atoms with Gasteiger partial charge in [0.2, 0.25) is 11.8 Å². The minimum Gasteiger partial charge on any atom is -0.350 e. The number of alkyl halides is 2. The highest BCUT2D eigenvalue weighted by Gasteiger charge is 2.70. The van der Waals surface area contributed by atoms with Crippen molar-refractivity contribution in [3.05, 3.63) is 24.8 Å². The Labute approximate surface area is 147 Å². The standard InChI is InChI=1S/C18H17F2N5O/c19-18(20)3-10(4-18)15(26)24-16-6-17(7-16,8-16)25-9-23-12-5-22-14-11(13(12)25)1-2-21-14/h1-2,5,9-10H,3-4,6-8H2,(H,21,22)(H,24,26). The van der Waals surface area contributed by atoms with Gasteiger partial charge in [-0.25, -0.2) is 18.7 Å². The highest BCUT2D eigenvalue weighted by molar-refractivity contribution is 6.01. The van der Waals surface area contributed by atoms with E-state index in [0.717, 1.165) is 41.3 Å². The number of hydrogen-bond donors (Lipinski definition) is 2. The van der Waals surface area contributed by atoms with Crippen molar-refractivity contribution in [3.8, 4) is 0 Å². The number of imidazole rings is 1. The number of aromatic nitrogens is 4. The van der Waals surface area contributed by atoms with E-state index >= 15 is 0 Å². The van der Waals surface area contributed by atoms with Gasteiger partial charge in [-0.2, -0.15) is 0 Å². The summed E-state index contributed by atoms with van der Waals surface area (Å²) in [5.74, 6) is -3.40. The van der Waals surface area contributed by atoms with E-state index in [-0.39, 0.29) is 29.8 Å². The molecular formula is C18H17F2N5O. The predicted molar refractivity (Wildman–Crippen MR) is 89.8 cm³/mol. The lowest BCUT2D eigenvalue weighted by atomic mass is 9.43. The number of carbonyl (C=O) groups is 1. The summed E-state index contributed by atoms with van der Waals surface area (Å²) in [6.07, 6.45) is 7.35. The molecule has 6 nitrogen and oxygen atoms in total. The number of rotatable bonds is 3. The average Bonchev–Trinajstić information content (AvgIpc) is 3.12. The predicted octanol–water partition coefficient (Wildman–Crippen LogP) is 2.71. The smallest absolute Gasteiger partial charge is 0.249 e. The highest BCUT2D eigenvalue weighted by atomic mass is 19.3. The summed E-state index contributed by atoms with van der Waals surface area (Å²) < 4.78 is 28.2. The zero-order valence-electron chi connectivity index (χ0n) is 13.9. The number of nitrogens with one attached hydrogen (secondary N) is 2. The first kappa shape index (κ1) is 14.6. The third-order valence-corrected chi connectivity index (χ3v) is 6.45. The lowest BCUT2D eigenvalue weighted by Gasteiger charge is -2.71. The summed E-state index contributed by atoms with van der Waals surface area (Å²) >= 11 is 0. The molecule has 4 fully saturated rings. The van der Waals surface area contributed by atoms with Gasteiger partial charge in [0.25, 0.3) is 0 Å². The molecular weight excluding hydrogens is 340 g/mol. The Morgan fingerprint density at radius 1 is 1.27 bits per heavy atom. The van der Waals surface area contributed by atoms with Crippen molar-refractivity contribution in [2.75, 3.05) is 0 Å². The van der Waals surface area contributed by atoms with E-state index in [1.54, 1.807) is 6.20 Å². The van der Waals surface area contributed by atoms with Crippen LogP contribution in [-0.2, 0) is 10.3 Å². The first-order valence-electron chi connectivity index (χ1n) is 8.88. The SMILES string of the molecule is O=C(NC12CC(n3cnc4cnc5[nH]ccc5c43)(C1)C2)C1CC(F)(F)C1. The first-order valence-corrected chi connectivity index (χ1v) is 8.88. The summed E-state index contributed by atoms with van der Waals surface area (Å²) in [6, 6.07) is 2.00. The van der Waals surface area contributed by atoms with E-state index in [2.05, 4.69) is 24.8 Å². The van der Waals surface area contributed by atoms with E-state index in [1.807, 2.05) is 18.6 Å². The van der Waals surface area contributed by atoms with E-state index in [4.69, 9.17) is 0 Å². The van der Waals surface area contributed by atoms with Gasteiger partial charge >= 0.3 is 0 Å². The number of amides is 1. The fourth-order valence-corrected chi connectivity index (χ4v) is 5.20. The van der Waals surface area contributed by atoms with E-state index in [9.17, 15) is 13.6 Å². The molecule has 2 bridgehead atoms. The molecule has 26 heavy (non-hydrogen) atoms. The van der Waals surface area contributed by atoms with Crippen molar-refractivity contribution in [2.24, 2.45) is 5.92 Å². The number of nitrogens with zero attached hydrogens (tertiary/aromatic N) is 3. The van der Waals surface area contributed by atoms with Gasteiger partial charge in [-0.1, -0.05) is 0 Å². The summed E-state index contributed by atoms with van der Waals surface area (Å²) in [4.78, 5) is 24.2. The molecule has 0 radical (unpaired) electrons. The minimum atomic E-state index is -2.66. The third kappa shape index (κ3) is 1.72. The number of halogens is 2. The molecule has 3 aromatic rings. The number of fused-ring (bicyclic) bond motifs is 3. The largest absolute Gasteiger partial charge is 0.350 e. The molecule has 3 heterocycles. The molecule has 134 valence electrons. The van der Waals surface area contributed by atoms with Crippen LogP contribution in [0.2, 0.25) is 0 Å². The lowest BCUT2D eigenvalue weighted by molar-refractivity contribution is -0.171. The van der Waals surface area contributed by atoms with Gasteiger partial charge in [-0.3, -0.25) is 4.79 Å². The van der Waals surface area contributed by atoms with Crippen molar-refractivity contribution in [1.29, 1.82) is 0 Å². The van der Waals surface area contributed by atoms with Crippen molar-refractivity contribution in [3.63, 3.8) is 0 Å². The molecule has 0 atom stereocenters. The Hall–Kier alpha value is -2.51. The number of pyridine rings is 1. The highest BCUT2D eigenvalue weighted by Crippen LogP contribution is 2.66. The minimum absolute atomic E-state index is 0.0306. The van der Waals surface area contributed by atoms with Crippen molar-refractivity contribution in [1.82, 2.24) is 24.8 Å². The van der Waals surface area contributed by atoms with Crippen LogP contribution in [0.5, 0.6) is 0 Å². The fourth-order valence-electron chi connectivity index (χ4n) is 5.20. The molecule has 4 aliphatic carbocycles. The second kappa shape index (κ2) is 4.24. The first-order chi connectivity index (χ1) is 12.4. The van der Waals surface area contributed by atoms with Gasteiger partial charge in [0.15, 0.2) is 0 Å². The van der Waals surface area contributed by atoms with Crippen LogP contribution in [0, 0.1) is 5.92 Å².